The van der Waals surface area contributed by atoms with Gasteiger partial charge in [-0.1, -0.05) is 6.07 Å². The summed E-state index contributed by atoms with van der Waals surface area (Å²) in [5, 5.41) is 11.5. The maximum absolute atomic E-state index is 10.5. The number of anilines is 1. The average Bonchev–Trinajstić information content (AvgIpc) is 1.85. The van der Waals surface area contributed by atoms with Gasteiger partial charge >= 0.3 is 0 Å². The molecule has 0 saturated carbocycles. The number of rotatable bonds is 1. The summed E-state index contributed by atoms with van der Waals surface area (Å²) in [7, 11) is 1.42. The lowest BCUT2D eigenvalue weighted by Crippen LogP contribution is -2.07. The molecule has 1 aromatic rings. The van der Waals surface area contributed by atoms with Gasteiger partial charge in [0.05, 0.1) is 0 Å². The number of carbonyl (C=O) groups excluding carboxylic acids is 1. The van der Waals surface area contributed by atoms with E-state index < -0.39 is 0 Å². The van der Waals surface area contributed by atoms with Crippen molar-refractivity contribution in [3.63, 3.8) is 0 Å². The van der Waals surface area contributed by atoms with Gasteiger partial charge in [-0.05, 0) is 12.1 Å². The number of phenolic OH excluding ortho intramolecular Hbond substituents is 1. The van der Waals surface area contributed by atoms with Crippen LogP contribution in [-0.4, -0.2) is 18.8 Å². The van der Waals surface area contributed by atoms with Crippen molar-refractivity contribution in [2.24, 2.45) is 0 Å². The highest BCUT2D eigenvalue weighted by molar-refractivity contribution is 6.60. The van der Waals surface area contributed by atoms with Gasteiger partial charge in [0.25, 0.3) is 0 Å². The second-order valence-corrected chi connectivity index (χ2v) is 2.23. The summed E-state index contributed by atoms with van der Waals surface area (Å²) in [5.41, 5.74) is 0.609. The number of aromatic hydroxyl groups is 1. The fourth-order valence-corrected chi connectivity index (χ4v) is 0.787. The molecule has 4 heteroatoms. The lowest BCUT2D eigenvalue weighted by atomic mass is 10.1. The molecule has 1 rings (SSSR count). The van der Waals surface area contributed by atoms with Crippen molar-refractivity contribution in [2.45, 2.75) is 0 Å². The van der Waals surface area contributed by atoms with Crippen LogP contribution in [-0.2, 0) is 0 Å². The van der Waals surface area contributed by atoms with E-state index >= 15 is 0 Å². The molecular weight excluding hydrogens is 141 g/mol. The number of benzene rings is 1. The van der Waals surface area contributed by atoms with E-state index in [0.717, 1.165) is 0 Å². The van der Waals surface area contributed by atoms with Gasteiger partial charge < -0.3 is 10.4 Å². The molecule has 0 heterocycles. The van der Waals surface area contributed by atoms with Crippen molar-refractivity contribution >= 4 is 19.3 Å². The molecule has 2 N–H and O–H groups in total. The van der Waals surface area contributed by atoms with E-state index in [9.17, 15) is 4.79 Å². The van der Waals surface area contributed by atoms with Crippen LogP contribution in [0.1, 0.15) is 0 Å². The fourth-order valence-electron chi connectivity index (χ4n) is 0.787. The molecule has 0 radical (unpaired) electrons. The Kier molecular flexibility index (Phi) is 2.16. The van der Waals surface area contributed by atoms with Crippen LogP contribution >= 0.6 is 0 Å². The lowest BCUT2D eigenvalue weighted by molar-refractivity contribution is 0.269. The average molecular weight is 149 g/mol. The predicted molar refractivity (Wildman–Crippen MR) is 45.7 cm³/mol. The van der Waals surface area contributed by atoms with E-state index in [1.807, 2.05) is 0 Å². The zero-order valence-corrected chi connectivity index (χ0v) is 6.16. The van der Waals surface area contributed by atoms with Gasteiger partial charge in [0.2, 0.25) is 7.85 Å². The lowest BCUT2D eigenvalue weighted by Gasteiger charge is -2.00. The molecule has 0 aliphatic carbocycles. The normalized spacial score (nSPS) is 9.09. The Bertz CT molecular complexity index is 275. The summed E-state index contributed by atoms with van der Waals surface area (Å²) in [6.07, 6.45) is 0. The maximum atomic E-state index is 10.5. The highest BCUT2D eigenvalue weighted by atomic mass is 16.3. The van der Waals surface area contributed by atoms with E-state index in [2.05, 4.69) is 5.32 Å². The van der Waals surface area contributed by atoms with Gasteiger partial charge in [0.1, 0.15) is 5.75 Å². The van der Waals surface area contributed by atoms with Gasteiger partial charge in [0, 0.05) is 11.8 Å². The zero-order chi connectivity index (χ0) is 8.27. The summed E-state index contributed by atoms with van der Waals surface area (Å²) in [5.74, 6) is 0.00634. The van der Waals surface area contributed by atoms with E-state index in [0.29, 0.717) is 5.69 Å². The summed E-state index contributed by atoms with van der Waals surface area (Å²) < 4.78 is 0. The van der Waals surface area contributed by atoms with Crippen LogP contribution in [0, 0.1) is 0 Å². The van der Waals surface area contributed by atoms with E-state index in [1.165, 1.54) is 13.9 Å². The number of hydrogen-bond donors (Lipinski definition) is 2. The Balaban J connectivity index is 2.79. The Labute approximate surface area is 65.5 Å². The van der Waals surface area contributed by atoms with E-state index in [1.54, 1.807) is 18.2 Å². The first kappa shape index (κ1) is 7.66. The van der Waals surface area contributed by atoms with Crippen LogP contribution in [0.15, 0.2) is 24.3 Å². The summed E-state index contributed by atoms with van der Waals surface area (Å²) in [6.45, 7) is 0. The van der Waals surface area contributed by atoms with Crippen molar-refractivity contribution in [1.29, 1.82) is 0 Å². The highest BCUT2D eigenvalue weighted by Crippen LogP contribution is 2.14. The number of carbonyl (C=O) groups is 1. The molecule has 0 atom stereocenters. The first-order valence-electron chi connectivity index (χ1n) is 3.25. The Morgan fingerprint density at radius 1 is 1.55 bits per heavy atom. The molecule has 11 heavy (non-hydrogen) atoms. The molecule has 0 fully saturated rings. The van der Waals surface area contributed by atoms with Crippen LogP contribution in [0.5, 0.6) is 5.75 Å². The molecule has 0 aromatic heterocycles. The molecule has 3 nitrogen and oxygen atoms in total. The molecule has 1 aromatic carbocycles. The van der Waals surface area contributed by atoms with Crippen molar-refractivity contribution in [1.82, 2.24) is 0 Å². The molecule has 0 saturated heterocycles. The topological polar surface area (TPSA) is 49.3 Å². The van der Waals surface area contributed by atoms with Gasteiger partial charge in [-0.2, -0.15) is 0 Å². The monoisotopic (exact) mass is 149 g/mol. The minimum atomic E-state index is -0.143. The van der Waals surface area contributed by atoms with Gasteiger partial charge in [-0.15, -0.1) is 0 Å². The summed E-state index contributed by atoms with van der Waals surface area (Å²) >= 11 is 0. The Morgan fingerprint density at radius 2 is 2.27 bits per heavy atom. The standard InChI is InChI=1S/C7H8BNO2/c8-7(11)9-5-2-1-3-6(10)4-5/h1-4,10H,8H2,(H,9,11). The minimum Gasteiger partial charge on any atom is -0.508 e. The van der Waals surface area contributed by atoms with Crippen LogP contribution in [0.2, 0.25) is 0 Å². The zero-order valence-electron chi connectivity index (χ0n) is 6.16. The van der Waals surface area contributed by atoms with E-state index in [-0.39, 0.29) is 11.6 Å². The predicted octanol–water partition coefficient (Wildman–Crippen LogP) is 0.557. The summed E-state index contributed by atoms with van der Waals surface area (Å²) in [4.78, 5) is 10.5. The van der Waals surface area contributed by atoms with Crippen LogP contribution in [0.4, 0.5) is 10.5 Å². The van der Waals surface area contributed by atoms with Crippen molar-refractivity contribution in [3.8, 4) is 5.75 Å². The van der Waals surface area contributed by atoms with Crippen LogP contribution < -0.4 is 5.32 Å². The smallest absolute Gasteiger partial charge is 0.216 e. The third kappa shape index (κ3) is 2.33. The Hall–Kier alpha value is -1.45. The van der Waals surface area contributed by atoms with Crippen LogP contribution in [0.3, 0.4) is 0 Å². The largest absolute Gasteiger partial charge is 0.508 e. The van der Waals surface area contributed by atoms with E-state index in [4.69, 9.17) is 5.11 Å². The summed E-state index contributed by atoms with van der Waals surface area (Å²) in [6, 6.07) is 6.41. The van der Waals surface area contributed by atoms with Crippen molar-refractivity contribution < 1.29 is 9.90 Å². The number of nitrogens with one attached hydrogen (secondary N) is 1. The first-order valence-corrected chi connectivity index (χ1v) is 3.25. The van der Waals surface area contributed by atoms with Gasteiger partial charge in [0.15, 0.2) is 5.81 Å². The number of hydrogen-bond acceptors (Lipinski definition) is 2. The molecular formula is C7H8BNO2. The molecule has 0 bridgehead atoms. The first-order chi connectivity index (χ1) is 5.18. The molecule has 0 aliphatic rings. The highest BCUT2D eigenvalue weighted by Gasteiger charge is 1.94. The number of amides is 1. The molecule has 0 unspecified atom stereocenters. The third-order valence-electron chi connectivity index (χ3n) is 1.17. The van der Waals surface area contributed by atoms with Crippen molar-refractivity contribution in [2.75, 3.05) is 5.32 Å². The molecule has 1 amide bonds. The minimum absolute atomic E-state index is 0.143. The second-order valence-electron chi connectivity index (χ2n) is 2.23. The van der Waals surface area contributed by atoms with Gasteiger partial charge in [-0.3, -0.25) is 4.79 Å². The van der Waals surface area contributed by atoms with Gasteiger partial charge in [-0.25, -0.2) is 0 Å². The van der Waals surface area contributed by atoms with Crippen LogP contribution in [0.25, 0.3) is 0 Å². The third-order valence-corrected chi connectivity index (χ3v) is 1.17. The second kappa shape index (κ2) is 3.10. The quantitative estimate of drug-likeness (QED) is 0.573. The molecule has 56 valence electrons. The maximum Gasteiger partial charge on any atom is 0.216 e. The fraction of sp³-hybridized carbons (Fsp3) is 0. The molecule has 0 spiro atoms. The van der Waals surface area contributed by atoms with Crippen molar-refractivity contribution in [3.05, 3.63) is 24.3 Å². The Morgan fingerprint density at radius 3 is 2.82 bits per heavy atom. The molecule has 0 aliphatic heterocycles. The number of phenols is 1. The SMILES string of the molecule is BC(=O)Nc1cccc(O)c1.